The maximum atomic E-state index is 12.3. The maximum Gasteiger partial charge on any atom is 0.277 e. The molecular weight excluding hydrogens is 368 g/mol. The highest BCUT2D eigenvalue weighted by atomic mass is 35.5. The Morgan fingerprint density at radius 2 is 2.17 bits per heavy atom. The molecule has 6 nitrogen and oxygen atoms in total. The fourth-order valence-electron chi connectivity index (χ4n) is 2.00. The molecule has 124 valence electrons. The summed E-state index contributed by atoms with van der Waals surface area (Å²) in [6.45, 7) is 2.41. The second kappa shape index (κ2) is 7.25. The van der Waals surface area contributed by atoms with Crippen LogP contribution in [-0.2, 0) is 6.54 Å². The van der Waals surface area contributed by atoms with Crippen molar-refractivity contribution in [1.29, 1.82) is 0 Å². The number of thiophene rings is 1. The minimum atomic E-state index is -0.398. The number of thiazole rings is 1. The van der Waals surface area contributed by atoms with Crippen molar-refractivity contribution in [3.8, 4) is 10.6 Å². The second-order valence-corrected chi connectivity index (χ2v) is 7.45. The Bertz CT molecular complexity index is 931. The van der Waals surface area contributed by atoms with Crippen LogP contribution in [0.2, 0.25) is 4.34 Å². The molecule has 0 aliphatic heterocycles. The molecule has 0 spiro atoms. The molecule has 0 saturated carbocycles. The first-order valence-corrected chi connectivity index (χ1v) is 9.25. The predicted octanol–water partition coefficient (Wildman–Crippen LogP) is 3.74. The van der Waals surface area contributed by atoms with Crippen LogP contribution in [0.1, 0.15) is 23.8 Å². The third kappa shape index (κ3) is 3.72. The fourth-order valence-corrected chi connectivity index (χ4v) is 3.78. The first-order chi connectivity index (χ1) is 11.6. The summed E-state index contributed by atoms with van der Waals surface area (Å²) < 4.78 is 1.97. The van der Waals surface area contributed by atoms with E-state index >= 15 is 0 Å². The first-order valence-electron chi connectivity index (χ1n) is 7.17. The molecule has 3 rings (SSSR count). The number of hydrogen-bond acceptors (Lipinski definition) is 6. The van der Waals surface area contributed by atoms with Gasteiger partial charge in [-0.3, -0.25) is 14.9 Å². The fraction of sp³-hybridized carbons (Fsp3) is 0.200. The summed E-state index contributed by atoms with van der Waals surface area (Å²) >= 11 is 8.67. The van der Waals surface area contributed by atoms with Crippen LogP contribution in [0.25, 0.3) is 10.6 Å². The van der Waals surface area contributed by atoms with Crippen molar-refractivity contribution in [2.24, 2.45) is 0 Å². The number of hydrogen-bond donors (Lipinski definition) is 1. The molecule has 1 N–H and O–H groups in total. The molecule has 0 bridgehead atoms. The monoisotopic (exact) mass is 380 g/mol. The molecule has 0 aliphatic carbocycles. The molecule has 24 heavy (non-hydrogen) atoms. The molecule has 0 fully saturated rings. The van der Waals surface area contributed by atoms with Gasteiger partial charge in [0.05, 0.1) is 14.9 Å². The number of nitrogens with one attached hydrogen (secondary N) is 1. The number of nitrogens with zero attached hydrogens (tertiary/aromatic N) is 3. The number of amides is 1. The first kappa shape index (κ1) is 16.8. The van der Waals surface area contributed by atoms with Crippen LogP contribution in [0, 0.1) is 0 Å². The van der Waals surface area contributed by atoms with Crippen LogP contribution in [0.5, 0.6) is 0 Å². The van der Waals surface area contributed by atoms with Crippen molar-refractivity contribution in [2.75, 3.05) is 5.32 Å². The van der Waals surface area contributed by atoms with E-state index in [2.05, 4.69) is 15.4 Å². The van der Waals surface area contributed by atoms with Gasteiger partial charge in [-0.1, -0.05) is 18.5 Å². The van der Waals surface area contributed by atoms with E-state index in [4.69, 9.17) is 11.6 Å². The summed E-state index contributed by atoms with van der Waals surface area (Å²) in [6, 6.07) is 6.45. The average molecular weight is 381 g/mol. The Morgan fingerprint density at radius 3 is 2.88 bits per heavy atom. The topological polar surface area (TPSA) is 76.9 Å². The molecule has 3 heterocycles. The molecule has 0 unspecified atom stereocenters. The van der Waals surface area contributed by atoms with E-state index in [0.717, 1.165) is 17.0 Å². The van der Waals surface area contributed by atoms with Crippen molar-refractivity contribution in [3.05, 3.63) is 50.0 Å². The van der Waals surface area contributed by atoms with Gasteiger partial charge in [-0.2, -0.15) is 5.10 Å². The number of aryl methyl sites for hydroxylation is 1. The summed E-state index contributed by atoms with van der Waals surface area (Å²) in [5.41, 5.74) is 0.717. The van der Waals surface area contributed by atoms with Gasteiger partial charge < -0.3 is 0 Å². The second-order valence-electron chi connectivity index (χ2n) is 4.88. The smallest absolute Gasteiger partial charge is 0.277 e. The van der Waals surface area contributed by atoms with E-state index in [1.54, 1.807) is 6.07 Å². The lowest BCUT2D eigenvalue weighted by molar-refractivity contribution is 0.101. The summed E-state index contributed by atoms with van der Waals surface area (Å²) in [6.07, 6.45) is 0.761. The number of anilines is 1. The third-order valence-corrected chi connectivity index (χ3v) is 5.10. The average Bonchev–Trinajstić information content (AvgIpc) is 3.18. The van der Waals surface area contributed by atoms with Gasteiger partial charge in [0.1, 0.15) is 5.69 Å². The van der Waals surface area contributed by atoms with Gasteiger partial charge in [-0.15, -0.1) is 22.7 Å². The Kier molecular flexibility index (Phi) is 5.08. The Labute approximate surface area is 150 Å². The van der Waals surface area contributed by atoms with E-state index in [1.165, 1.54) is 39.5 Å². The standard InChI is InChI=1S/C15H13ClN4O2S2/c1-2-7-20-13(21)6-3-9(19-20)14(22)18-15-17-10(8-23-15)11-4-5-12(16)24-11/h3-6,8H,2,7H2,1H3,(H,17,18,22). The van der Waals surface area contributed by atoms with Gasteiger partial charge in [0.25, 0.3) is 11.5 Å². The van der Waals surface area contributed by atoms with Crippen molar-refractivity contribution in [2.45, 2.75) is 19.9 Å². The van der Waals surface area contributed by atoms with Gasteiger partial charge >= 0.3 is 0 Å². The quantitative estimate of drug-likeness (QED) is 0.731. The summed E-state index contributed by atoms with van der Waals surface area (Å²) in [4.78, 5) is 29.3. The highest BCUT2D eigenvalue weighted by Gasteiger charge is 2.13. The SMILES string of the molecule is CCCn1nc(C(=O)Nc2nc(-c3ccc(Cl)s3)cs2)ccc1=O. The Balaban J connectivity index is 1.77. The van der Waals surface area contributed by atoms with Gasteiger partial charge in [-0.25, -0.2) is 9.67 Å². The van der Waals surface area contributed by atoms with E-state index in [9.17, 15) is 9.59 Å². The van der Waals surface area contributed by atoms with Crippen LogP contribution < -0.4 is 10.9 Å². The minimum Gasteiger partial charge on any atom is -0.296 e. The number of carbonyl (C=O) groups is 1. The van der Waals surface area contributed by atoms with Crippen LogP contribution in [0.15, 0.2) is 34.4 Å². The molecule has 3 aromatic rings. The molecule has 3 aromatic heterocycles. The molecular formula is C15H13ClN4O2S2. The van der Waals surface area contributed by atoms with Crippen LogP contribution in [0.4, 0.5) is 5.13 Å². The molecule has 0 radical (unpaired) electrons. The van der Waals surface area contributed by atoms with Crippen molar-refractivity contribution in [1.82, 2.24) is 14.8 Å². The molecule has 0 aliphatic rings. The summed E-state index contributed by atoms with van der Waals surface area (Å²) in [5, 5.41) is 9.10. The number of halogens is 1. The summed E-state index contributed by atoms with van der Waals surface area (Å²) in [7, 11) is 0. The number of carbonyl (C=O) groups excluding carboxylic acids is 1. The predicted molar refractivity (Wildman–Crippen MR) is 97.2 cm³/mol. The highest BCUT2D eigenvalue weighted by Crippen LogP contribution is 2.32. The van der Waals surface area contributed by atoms with Crippen LogP contribution in [-0.4, -0.2) is 20.7 Å². The maximum absolute atomic E-state index is 12.3. The highest BCUT2D eigenvalue weighted by molar-refractivity contribution is 7.20. The zero-order chi connectivity index (χ0) is 17.1. The normalized spacial score (nSPS) is 10.8. The molecule has 1 amide bonds. The van der Waals surface area contributed by atoms with Crippen LogP contribution >= 0.6 is 34.3 Å². The minimum absolute atomic E-state index is 0.180. The molecule has 0 aromatic carbocycles. The molecule has 0 atom stereocenters. The molecule has 0 saturated heterocycles. The van der Waals surface area contributed by atoms with Crippen molar-refractivity contribution >= 4 is 45.3 Å². The third-order valence-electron chi connectivity index (χ3n) is 3.08. The lowest BCUT2D eigenvalue weighted by Crippen LogP contribution is -2.26. The van der Waals surface area contributed by atoms with Gasteiger partial charge in [0.15, 0.2) is 5.13 Å². The lowest BCUT2D eigenvalue weighted by Gasteiger charge is -2.05. The Hall–Kier alpha value is -2.03. The number of aromatic nitrogens is 3. The van der Waals surface area contributed by atoms with Crippen molar-refractivity contribution < 1.29 is 4.79 Å². The Morgan fingerprint density at radius 1 is 1.33 bits per heavy atom. The van der Waals surface area contributed by atoms with E-state index in [-0.39, 0.29) is 11.3 Å². The zero-order valence-corrected chi connectivity index (χ0v) is 15.0. The van der Waals surface area contributed by atoms with E-state index in [1.807, 2.05) is 18.4 Å². The van der Waals surface area contributed by atoms with Gasteiger partial charge in [-0.05, 0) is 24.6 Å². The van der Waals surface area contributed by atoms with E-state index < -0.39 is 5.91 Å². The van der Waals surface area contributed by atoms with Gasteiger partial charge in [0.2, 0.25) is 0 Å². The summed E-state index contributed by atoms with van der Waals surface area (Å²) in [5.74, 6) is -0.398. The molecule has 9 heteroatoms. The zero-order valence-electron chi connectivity index (χ0n) is 12.7. The van der Waals surface area contributed by atoms with Gasteiger partial charge in [0, 0.05) is 18.0 Å². The van der Waals surface area contributed by atoms with Crippen molar-refractivity contribution in [3.63, 3.8) is 0 Å². The number of rotatable bonds is 5. The lowest BCUT2D eigenvalue weighted by atomic mass is 10.3. The van der Waals surface area contributed by atoms with Crippen LogP contribution in [0.3, 0.4) is 0 Å². The largest absolute Gasteiger partial charge is 0.296 e. The van der Waals surface area contributed by atoms with E-state index in [0.29, 0.717) is 16.0 Å².